The van der Waals surface area contributed by atoms with Gasteiger partial charge in [-0.1, -0.05) is 17.2 Å². The van der Waals surface area contributed by atoms with E-state index in [9.17, 15) is 14.4 Å². The predicted octanol–water partition coefficient (Wildman–Crippen LogP) is 1.05. The summed E-state index contributed by atoms with van der Waals surface area (Å²) < 4.78 is 9.42. The van der Waals surface area contributed by atoms with Gasteiger partial charge in [0.2, 0.25) is 0 Å². The largest absolute Gasteiger partial charge is 0.479 e. The Balaban J connectivity index is 1.82. The molecule has 1 aromatic carbocycles. The molecule has 1 aliphatic rings. The lowest BCUT2D eigenvalue weighted by Gasteiger charge is -2.10. The molecule has 0 radical (unpaired) electrons. The molecular formula is C13H8N2O6. The van der Waals surface area contributed by atoms with Crippen molar-refractivity contribution < 1.29 is 28.5 Å². The predicted molar refractivity (Wildman–Crippen MR) is 65.4 cm³/mol. The molecule has 8 heteroatoms. The Labute approximate surface area is 117 Å². The highest BCUT2D eigenvalue weighted by atomic mass is 16.7. The topological polar surface area (TPSA) is 98.9 Å². The molecule has 21 heavy (non-hydrogen) atoms. The zero-order valence-corrected chi connectivity index (χ0v) is 10.7. The van der Waals surface area contributed by atoms with Crippen molar-refractivity contribution in [1.29, 1.82) is 0 Å². The van der Waals surface area contributed by atoms with Crippen LogP contribution >= 0.6 is 0 Å². The Hall–Kier alpha value is -3.16. The Bertz CT molecular complexity index is 716. The summed E-state index contributed by atoms with van der Waals surface area (Å²) in [5, 5.41) is 3.81. The molecule has 2 aromatic rings. The minimum Gasteiger partial charge on any atom is -0.479 e. The molecule has 106 valence electrons. The number of hydroxylamine groups is 2. The molecule has 2 amide bonds. The number of hydrogen-bond acceptors (Lipinski definition) is 7. The molecule has 8 nitrogen and oxygen atoms in total. The first-order valence-corrected chi connectivity index (χ1v) is 5.82. The molecule has 0 aliphatic carbocycles. The third-order valence-corrected chi connectivity index (χ3v) is 2.83. The molecule has 1 aromatic heterocycles. The van der Waals surface area contributed by atoms with Crippen LogP contribution in [0.25, 0.3) is 0 Å². The Morgan fingerprint density at radius 3 is 2.33 bits per heavy atom. The van der Waals surface area contributed by atoms with Gasteiger partial charge in [0.15, 0.2) is 0 Å². The average molecular weight is 288 g/mol. The second-order valence-corrected chi connectivity index (χ2v) is 4.06. The maximum atomic E-state index is 12.0. The van der Waals surface area contributed by atoms with Crippen LogP contribution in [-0.2, 0) is 4.84 Å². The van der Waals surface area contributed by atoms with E-state index in [1.807, 2.05) is 0 Å². The maximum absolute atomic E-state index is 12.0. The molecule has 0 spiro atoms. The van der Waals surface area contributed by atoms with Crippen LogP contribution < -0.4 is 4.74 Å². The van der Waals surface area contributed by atoms with E-state index < -0.39 is 17.8 Å². The molecule has 1 aliphatic heterocycles. The summed E-state index contributed by atoms with van der Waals surface area (Å²) in [5.74, 6) is -2.67. The number of carbonyl (C=O) groups excluding carboxylic acids is 3. The van der Waals surface area contributed by atoms with Crippen molar-refractivity contribution in [3.05, 3.63) is 47.2 Å². The van der Waals surface area contributed by atoms with Crippen LogP contribution in [0, 0.1) is 0 Å². The van der Waals surface area contributed by atoms with Crippen molar-refractivity contribution in [3.63, 3.8) is 0 Å². The molecule has 0 saturated carbocycles. The van der Waals surface area contributed by atoms with Gasteiger partial charge in [0.05, 0.1) is 24.3 Å². The van der Waals surface area contributed by atoms with Gasteiger partial charge in [-0.25, -0.2) is 4.79 Å². The number of carbonyl (C=O) groups is 3. The van der Waals surface area contributed by atoms with E-state index in [2.05, 4.69) is 9.68 Å². The zero-order valence-electron chi connectivity index (χ0n) is 10.7. The number of benzene rings is 1. The molecule has 0 fully saturated rings. The first-order chi connectivity index (χ1) is 10.1. The van der Waals surface area contributed by atoms with E-state index >= 15 is 0 Å². The number of imide groups is 1. The fraction of sp³-hybridized carbons (Fsp3) is 0.0769. The number of nitrogens with zero attached hydrogens (tertiary/aromatic N) is 2. The van der Waals surface area contributed by atoms with E-state index in [1.54, 1.807) is 12.1 Å². The lowest BCUT2D eigenvalue weighted by molar-refractivity contribution is -0.0607. The number of fused-ring (bicyclic) bond motifs is 1. The zero-order chi connectivity index (χ0) is 15.0. The molecule has 0 saturated heterocycles. The van der Waals surface area contributed by atoms with E-state index in [4.69, 9.17) is 9.57 Å². The van der Waals surface area contributed by atoms with Gasteiger partial charge >= 0.3 is 5.97 Å². The van der Waals surface area contributed by atoms with Crippen molar-refractivity contribution in [1.82, 2.24) is 10.2 Å². The van der Waals surface area contributed by atoms with Crippen molar-refractivity contribution in [2.75, 3.05) is 7.11 Å². The number of hydrogen-bond donors (Lipinski definition) is 0. The Morgan fingerprint density at radius 1 is 1.19 bits per heavy atom. The quantitative estimate of drug-likeness (QED) is 0.778. The van der Waals surface area contributed by atoms with Crippen LogP contribution in [0.4, 0.5) is 0 Å². The van der Waals surface area contributed by atoms with E-state index in [-0.39, 0.29) is 22.8 Å². The summed E-state index contributed by atoms with van der Waals surface area (Å²) in [6.45, 7) is 0. The van der Waals surface area contributed by atoms with Crippen molar-refractivity contribution >= 4 is 17.8 Å². The fourth-order valence-corrected chi connectivity index (χ4v) is 1.83. The molecule has 2 heterocycles. The minimum atomic E-state index is -1.03. The second-order valence-electron chi connectivity index (χ2n) is 4.06. The number of amides is 2. The molecule has 0 unspecified atom stereocenters. The summed E-state index contributed by atoms with van der Waals surface area (Å²) >= 11 is 0. The standard InChI is InChI=1S/C13H8N2O6/c1-19-10-6-9(20-14-10)13(18)21-15-11(16)7-4-2-3-5-8(7)12(15)17/h2-6H,1H3. The maximum Gasteiger partial charge on any atom is 0.402 e. The minimum absolute atomic E-state index is 0.0734. The highest BCUT2D eigenvalue weighted by Crippen LogP contribution is 2.23. The lowest BCUT2D eigenvalue weighted by atomic mass is 10.1. The SMILES string of the molecule is COc1cc(C(=O)ON2C(=O)c3ccccc3C2=O)on1. The second kappa shape index (κ2) is 4.75. The van der Waals surface area contributed by atoms with Crippen LogP contribution in [0.5, 0.6) is 5.88 Å². The van der Waals surface area contributed by atoms with Crippen LogP contribution in [0.3, 0.4) is 0 Å². The van der Waals surface area contributed by atoms with E-state index in [0.29, 0.717) is 5.06 Å². The average Bonchev–Trinajstić information content (AvgIpc) is 3.07. The van der Waals surface area contributed by atoms with Crippen molar-refractivity contribution in [2.24, 2.45) is 0 Å². The van der Waals surface area contributed by atoms with Gasteiger partial charge in [0.1, 0.15) is 0 Å². The molecule has 3 rings (SSSR count). The molecular weight excluding hydrogens is 280 g/mol. The third kappa shape index (κ3) is 2.02. The third-order valence-electron chi connectivity index (χ3n) is 2.83. The normalized spacial score (nSPS) is 13.3. The smallest absolute Gasteiger partial charge is 0.402 e. The number of rotatable bonds is 3. The molecule has 0 bridgehead atoms. The molecule has 0 atom stereocenters. The highest BCUT2D eigenvalue weighted by Gasteiger charge is 2.39. The van der Waals surface area contributed by atoms with Gasteiger partial charge in [-0.15, -0.1) is 0 Å². The van der Waals surface area contributed by atoms with Gasteiger partial charge < -0.3 is 14.1 Å². The van der Waals surface area contributed by atoms with Crippen molar-refractivity contribution in [3.8, 4) is 5.88 Å². The lowest BCUT2D eigenvalue weighted by Crippen LogP contribution is -2.32. The monoisotopic (exact) mass is 288 g/mol. The van der Waals surface area contributed by atoms with E-state index in [1.165, 1.54) is 25.3 Å². The summed E-state index contributed by atoms with van der Waals surface area (Å²) in [4.78, 5) is 40.6. The van der Waals surface area contributed by atoms with Gasteiger partial charge in [0, 0.05) is 0 Å². The Morgan fingerprint density at radius 2 is 1.81 bits per heavy atom. The summed E-state index contributed by atoms with van der Waals surface area (Å²) in [5.41, 5.74) is 0.343. The summed E-state index contributed by atoms with van der Waals surface area (Å²) in [6.07, 6.45) is 0. The van der Waals surface area contributed by atoms with Gasteiger partial charge in [-0.3, -0.25) is 9.59 Å². The summed E-state index contributed by atoms with van der Waals surface area (Å²) in [6, 6.07) is 7.34. The van der Waals surface area contributed by atoms with Crippen LogP contribution in [0.15, 0.2) is 34.9 Å². The van der Waals surface area contributed by atoms with Crippen LogP contribution in [0.1, 0.15) is 31.3 Å². The van der Waals surface area contributed by atoms with Crippen molar-refractivity contribution in [2.45, 2.75) is 0 Å². The molecule has 0 N–H and O–H groups in total. The van der Waals surface area contributed by atoms with Crippen LogP contribution in [-0.4, -0.2) is 35.1 Å². The number of methoxy groups -OCH3 is 1. The Kier molecular flexibility index (Phi) is 2.90. The van der Waals surface area contributed by atoms with E-state index in [0.717, 1.165) is 0 Å². The first kappa shape index (κ1) is 12.9. The summed E-state index contributed by atoms with van der Waals surface area (Å²) in [7, 11) is 1.34. The first-order valence-electron chi connectivity index (χ1n) is 5.82. The van der Waals surface area contributed by atoms with Crippen LogP contribution in [0.2, 0.25) is 0 Å². The number of aromatic nitrogens is 1. The van der Waals surface area contributed by atoms with Gasteiger partial charge in [-0.2, -0.15) is 0 Å². The highest BCUT2D eigenvalue weighted by molar-refractivity contribution is 6.21. The van der Waals surface area contributed by atoms with Gasteiger partial charge in [-0.05, 0) is 17.3 Å². The number of ether oxygens (including phenoxy) is 1. The van der Waals surface area contributed by atoms with Gasteiger partial charge in [0.25, 0.3) is 23.5 Å². The fourth-order valence-electron chi connectivity index (χ4n) is 1.83.